The van der Waals surface area contributed by atoms with Crippen LogP contribution in [0.4, 0.5) is 13.2 Å². The van der Waals surface area contributed by atoms with Crippen molar-refractivity contribution in [2.45, 2.75) is 13.3 Å². The maximum absolute atomic E-state index is 13.1. The Morgan fingerprint density at radius 3 is 2.53 bits per heavy atom. The molecule has 1 atom stereocenters. The van der Waals surface area contributed by atoms with E-state index in [1.54, 1.807) is 6.92 Å². The molecule has 0 bridgehead atoms. The number of nitrogens with zero attached hydrogens (tertiary/aromatic N) is 3. The van der Waals surface area contributed by atoms with Crippen molar-refractivity contribution in [1.82, 2.24) is 10.1 Å². The third-order valence-electron chi connectivity index (χ3n) is 2.41. The molecule has 0 aliphatic carbocycles. The summed E-state index contributed by atoms with van der Waals surface area (Å²) < 4.78 is 43.8. The number of halogens is 3. The molecule has 4 nitrogen and oxygen atoms in total. The van der Waals surface area contributed by atoms with Crippen LogP contribution in [-0.2, 0) is 6.42 Å². The molecule has 7 heteroatoms. The van der Waals surface area contributed by atoms with Crippen LogP contribution in [0.5, 0.6) is 0 Å². The molecule has 1 aromatic heterocycles. The van der Waals surface area contributed by atoms with Gasteiger partial charge in [0.15, 0.2) is 17.5 Å². The molecule has 0 aliphatic rings. The number of hydrogen-bond donors (Lipinski definition) is 0. The minimum Gasteiger partial charge on any atom is -0.339 e. The van der Waals surface area contributed by atoms with Crippen LogP contribution in [0.2, 0.25) is 0 Å². The van der Waals surface area contributed by atoms with Gasteiger partial charge in [-0.15, -0.1) is 0 Å². The van der Waals surface area contributed by atoms with Crippen LogP contribution < -0.4 is 0 Å². The van der Waals surface area contributed by atoms with Crippen molar-refractivity contribution >= 4 is 0 Å². The molecule has 1 aromatic carbocycles. The summed E-state index contributed by atoms with van der Waals surface area (Å²) in [5, 5.41) is 12.2. The molecule has 0 fully saturated rings. The predicted octanol–water partition coefficient (Wildman–Crippen LogP) is 2.86. The highest BCUT2D eigenvalue weighted by atomic mass is 19.2. The first-order chi connectivity index (χ1) is 9.01. The van der Waals surface area contributed by atoms with E-state index in [0.717, 1.165) is 12.1 Å². The van der Waals surface area contributed by atoms with Gasteiger partial charge in [0.1, 0.15) is 0 Å². The third-order valence-corrected chi connectivity index (χ3v) is 2.41. The highest BCUT2D eigenvalue weighted by Crippen LogP contribution is 2.21. The van der Waals surface area contributed by atoms with Crippen molar-refractivity contribution < 1.29 is 17.7 Å². The van der Waals surface area contributed by atoms with Crippen molar-refractivity contribution in [3.05, 3.63) is 35.5 Å². The topological polar surface area (TPSA) is 62.7 Å². The van der Waals surface area contributed by atoms with Gasteiger partial charge in [-0.25, -0.2) is 13.2 Å². The molecule has 0 amide bonds. The zero-order valence-electron chi connectivity index (χ0n) is 9.82. The van der Waals surface area contributed by atoms with Crippen molar-refractivity contribution in [1.29, 1.82) is 5.26 Å². The Morgan fingerprint density at radius 1 is 1.32 bits per heavy atom. The molecule has 2 aromatic rings. The van der Waals surface area contributed by atoms with E-state index >= 15 is 0 Å². The summed E-state index contributed by atoms with van der Waals surface area (Å²) in [6.07, 6.45) is 0.232. The van der Waals surface area contributed by atoms with Crippen LogP contribution in [0, 0.1) is 34.7 Å². The summed E-state index contributed by atoms with van der Waals surface area (Å²) in [6.45, 7) is 1.67. The number of nitriles is 1. The molecule has 0 saturated carbocycles. The molecule has 0 radical (unpaired) electrons. The fourth-order valence-corrected chi connectivity index (χ4v) is 1.45. The van der Waals surface area contributed by atoms with Gasteiger partial charge in [0, 0.05) is 12.0 Å². The summed E-state index contributed by atoms with van der Waals surface area (Å²) in [6, 6.07) is 3.55. The largest absolute Gasteiger partial charge is 0.339 e. The average Bonchev–Trinajstić information content (AvgIpc) is 2.83. The lowest BCUT2D eigenvalue weighted by Crippen LogP contribution is -1.96. The number of rotatable bonds is 3. The van der Waals surface area contributed by atoms with Crippen LogP contribution in [0.15, 0.2) is 16.7 Å². The number of benzene rings is 1. The highest BCUT2D eigenvalue weighted by molar-refractivity contribution is 5.54. The number of hydrogen-bond acceptors (Lipinski definition) is 4. The fourth-order valence-electron chi connectivity index (χ4n) is 1.45. The standard InChI is InChI=1S/C12H8F3N3O/c1-6(5-16)2-10-17-12(18-19-10)7-3-8(13)11(15)9(14)4-7/h3-4,6H,2H2,1H3. The highest BCUT2D eigenvalue weighted by Gasteiger charge is 2.16. The van der Waals surface area contributed by atoms with Crippen molar-refractivity contribution in [3.63, 3.8) is 0 Å². The zero-order chi connectivity index (χ0) is 14.0. The summed E-state index contributed by atoms with van der Waals surface area (Å²) in [5.74, 6) is -4.41. The second kappa shape index (κ2) is 5.10. The summed E-state index contributed by atoms with van der Waals surface area (Å²) >= 11 is 0. The van der Waals surface area contributed by atoms with Gasteiger partial charge in [0.25, 0.3) is 0 Å². The molecule has 1 heterocycles. The van der Waals surface area contributed by atoms with Gasteiger partial charge in [-0.05, 0) is 19.1 Å². The Morgan fingerprint density at radius 2 is 1.95 bits per heavy atom. The molecule has 19 heavy (non-hydrogen) atoms. The Kier molecular flexibility index (Phi) is 3.51. The van der Waals surface area contributed by atoms with Gasteiger partial charge < -0.3 is 4.52 Å². The fraction of sp³-hybridized carbons (Fsp3) is 0.250. The molecule has 0 spiro atoms. The molecule has 0 aliphatic heterocycles. The molecular weight excluding hydrogens is 259 g/mol. The Bertz CT molecular complexity index is 625. The van der Waals surface area contributed by atoms with Gasteiger partial charge >= 0.3 is 0 Å². The van der Waals surface area contributed by atoms with Crippen LogP contribution in [0.3, 0.4) is 0 Å². The van der Waals surface area contributed by atoms with E-state index in [4.69, 9.17) is 9.78 Å². The summed E-state index contributed by atoms with van der Waals surface area (Å²) in [5.41, 5.74) is -0.0315. The lowest BCUT2D eigenvalue weighted by molar-refractivity contribution is 0.369. The van der Waals surface area contributed by atoms with E-state index in [1.807, 2.05) is 6.07 Å². The van der Waals surface area contributed by atoms with E-state index in [9.17, 15) is 13.2 Å². The molecule has 2 rings (SSSR count). The lowest BCUT2D eigenvalue weighted by atomic mass is 10.1. The molecular formula is C12H8F3N3O. The second-order valence-corrected chi connectivity index (χ2v) is 4.00. The van der Waals surface area contributed by atoms with Gasteiger partial charge in [-0.3, -0.25) is 0 Å². The monoisotopic (exact) mass is 267 g/mol. The molecule has 0 saturated heterocycles. The van der Waals surface area contributed by atoms with Gasteiger partial charge in [-0.2, -0.15) is 10.2 Å². The van der Waals surface area contributed by atoms with Crippen molar-refractivity contribution in [2.75, 3.05) is 0 Å². The second-order valence-electron chi connectivity index (χ2n) is 4.00. The quantitative estimate of drug-likeness (QED) is 0.802. The first-order valence-corrected chi connectivity index (χ1v) is 5.38. The first-order valence-electron chi connectivity index (χ1n) is 5.38. The maximum Gasteiger partial charge on any atom is 0.228 e. The molecule has 98 valence electrons. The third kappa shape index (κ3) is 2.73. The van der Waals surface area contributed by atoms with Gasteiger partial charge in [-0.1, -0.05) is 5.16 Å². The van der Waals surface area contributed by atoms with E-state index in [-0.39, 0.29) is 29.6 Å². The molecule has 0 N–H and O–H groups in total. The smallest absolute Gasteiger partial charge is 0.228 e. The van der Waals surface area contributed by atoms with E-state index < -0.39 is 17.5 Å². The SMILES string of the molecule is CC(C#N)Cc1nc(-c2cc(F)c(F)c(F)c2)no1. The Hall–Kier alpha value is -2.36. The van der Waals surface area contributed by atoms with Crippen LogP contribution in [-0.4, -0.2) is 10.1 Å². The zero-order valence-corrected chi connectivity index (χ0v) is 9.82. The Labute approximate surface area is 106 Å². The summed E-state index contributed by atoms with van der Waals surface area (Å²) in [7, 11) is 0. The van der Waals surface area contributed by atoms with Crippen LogP contribution >= 0.6 is 0 Å². The van der Waals surface area contributed by atoms with Crippen LogP contribution in [0.1, 0.15) is 12.8 Å². The minimum absolute atomic E-state index is 0.0315. The van der Waals surface area contributed by atoms with E-state index in [1.165, 1.54) is 0 Å². The predicted molar refractivity (Wildman–Crippen MR) is 58.1 cm³/mol. The van der Waals surface area contributed by atoms with Crippen LogP contribution in [0.25, 0.3) is 11.4 Å². The van der Waals surface area contributed by atoms with Crippen molar-refractivity contribution in [2.24, 2.45) is 5.92 Å². The normalized spacial score (nSPS) is 12.2. The van der Waals surface area contributed by atoms with Gasteiger partial charge in [0.05, 0.1) is 12.0 Å². The number of aromatic nitrogens is 2. The maximum atomic E-state index is 13.1. The van der Waals surface area contributed by atoms with Crippen molar-refractivity contribution in [3.8, 4) is 17.5 Å². The lowest BCUT2D eigenvalue weighted by Gasteiger charge is -1.98. The Balaban J connectivity index is 2.31. The first kappa shape index (κ1) is 13.1. The average molecular weight is 267 g/mol. The summed E-state index contributed by atoms with van der Waals surface area (Å²) in [4.78, 5) is 3.90. The molecule has 1 unspecified atom stereocenters. The van der Waals surface area contributed by atoms with E-state index in [2.05, 4.69) is 10.1 Å². The van der Waals surface area contributed by atoms with Gasteiger partial charge in [0.2, 0.25) is 11.7 Å². The van der Waals surface area contributed by atoms with E-state index in [0.29, 0.717) is 0 Å². The minimum atomic E-state index is -1.55.